The van der Waals surface area contributed by atoms with E-state index >= 15 is 0 Å². The number of anilines is 1. The third kappa shape index (κ3) is 3.83. The van der Waals surface area contributed by atoms with E-state index in [1.165, 1.54) is 10.4 Å². The molecule has 26 heavy (non-hydrogen) atoms. The van der Waals surface area contributed by atoms with E-state index in [0.717, 1.165) is 30.5 Å². The van der Waals surface area contributed by atoms with Gasteiger partial charge >= 0.3 is 0 Å². The molecule has 0 aliphatic heterocycles. The largest absolute Gasteiger partial charge is 0.339 e. The van der Waals surface area contributed by atoms with E-state index in [4.69, 9.17) is 0 Å². The molecule has 0 bridgehead atoms. The van der Waals surface area contributed by atoms with Crippen molar-refractivity contribution < 1.29 is 9.59 Å². The maximum atomic E-state index is 12.7. The average molecular weight is 371 g/mol. The molecule has 1 aromatic carbocycles. The van der Waals surface area contributed by atoms with Crippen molar-refractivity contribution in [1.29, 1.82) is 0 Å². The summed E-state index contributed by atoms with van der Waals surface area (Å²) in [5.41, 5.74) is 3.39. The number of thiophene rings is 1. The van der Waals surface area contributed by atoms with E-state index in [-0.39, 0.29) is 11.8 Å². The number of carbonyl (C=O) groups is 2. The standard InChI is InChI=1S/C21H26N2O2S/c1-4-23(5-2)21(25)15-7-9-16(10-8-15)22-20(24)18-13-26-19-12-14(3)6-11-17(18)19/h7-10,13-14H,4-6,11-12H2,1-3H3,(H,22,24). The summed E-state index contributed by atoms with van der Waals surface area (Å²) in [5, 5.41) is 4.95. The fraction of sp³-hybridized carbons (Fsp3) is 0.429. The Hall–Kier alpha value is -2.14. The second kappa shape index (κ2) is 8.04. The van der Waals surface area contributed by atoms with Gasteiger partial charge in [0.05, 0.1) is 5.56 Å². The lowest BCUT2D eigenvalue weighted by Gasteiger charge is -2.19. The van der Waals surface area contributed by atoms with E-state index in [9.17, 15) is 9.59 Å². The van der Waals surface area contributed by atoms with Gasteiger partial charge in [0.15, 0.2) is 0 Å². The van der Waals surface area contributed by atoms with Crippen LogP contribution in [0.1, 0.15) is 58.3 Å². The highest BCUT2D eigenvalue weighted by Gasteiger charge is 2.23. The molecule has 0 saturated heterocycles. The summed E-state index contributed by atoms with van der Waals surface area (Å²) in [6.45, 7) is 7.59. The van der Waals surface area contributed by atoms with Crippen molar-refractivity contribution in [2.24, 2.45) is 5.92 Å². The molecule has 1 unspecified atom stereocenters. The van der Waals surface area contributed by atoms with Crippen LogP contribution in [0.3, 0.4) is 0 Å². The molecule has 0 spiro atoms. The first-order chi connectivity index (χ1) is 12.5. The number of benzene rings is 1. The number of carbonyl (C=O) groups excluding carboxylic acids is 2. The van der Waals surface area contributed by atoms with Crippen molar-refractivity contribution in [2.45, 2.75) is 40.0 Å². The molecule has 1 heterocycles. The Morgan fingerprint density at radius 1 is 1.19 bits per heavy atom. The maximum absolute atomic E-state index is 12.7. The number of hydrogen-bond donors (Lipinski definition) is 1. The van der Waals surface area contributed by atoms with Crippen LogP contribution in [0.4, 0.5) is 5.69 Å². The Bertz CT molecular complexity index is 791. The molecule has 1 N–H and O–H groups in total. The molecule has 2 aromatic rings. The molecular formula is C21H26N2O2S. The van der Waals surface area contributed by atoms with Gasteiger partial charge in [0.2, 0.25) is 0 Å². The fourth-order valence-electron chi connectivity index (χ4n) is 3.46. The molecule has 0 radical (unpaired) electrons. The average Bonchev–Trinajstić information content (AvgIpc) is 3.06. The zero-order valence-corrected chi connectivity index (χ0v) is 16.5. The molecule has 1 atom stereocenters. The highest BCUT2D eigenvalue weighted by molar-refractivity contribution is 7.10. The van der Waals surface area contributed by atoms with Crippen LogP contribution >= 0.6 is 11.3 Å². The number of fused-ring (bicyclic) bond motifs is 1. The minimum Gasteiger partial charge on any atom is -0.339 e. The maximum Gasteiger partial charge on any atom is 0.256 e. The fourth-order valence-corrected chi connectivity index (χ4v) is 4.70. The van der Waals surface area contributed by atoms with Gasteiger partial charge in [-0.25, -0.2) is 0 Å². The van der Waals surface area contributed by atoms with E-state index in [1.54, 1.807) is 40.5 Å². The van der Waals surface area contributed by atoms with Crippen LogP contribution in [0, 0.1) is 5.92 Å². The van der Waals surface area contributed by atoms with Gasteiger partial charge in [-0.2, -0.15) is 0 Å². The zero-order chi connectivity index (χ0) is 18.7. The van der Waals surface area contributed by atoms with Crippen LogP contribution in [0.2, 0.25) is 0 Å². The summed E-state index contributed by atoms with van der Waals surface area (Å²) in [6.07, 6.45) is 3.21. The van der Waals surface area contributed by atoms with Gasteiger partial charge in [0, 0.05) is 34.6 Å². The molecule has 5 heteroatoms. The Balaban J connectivity index is 1.70. The summed E-state index contributed by atoms with van der Waals surface area (Å²) in [4.78, 5) is 28.2. The van der Waals surface area contributed by atoms with Crippen molar-refractivity contribution in [1.82, 2.24) is 4.90 Å². The number of amides is 2. The molecule has 0 saturated carbocycles. The van der Waals surface area contributed by atoms with Crippen LogP contribution in [-0.2, 0) is 12.8 Å². The Kier molecular flexibility index (Phi) is 5.77. The number of nitrogens with zero attached hydrogens (tertiary/aromatic N) is 1. The summed E-state index contributed by atoms with van der Waals surface area (Å²) >= 11 is 1.70. The Labute approximate surface area is 159 Å². The van der Waals surface area contributed by atoms with Crippen LogP contribution in [0.25, 0.3) is 0 Å². The van der Waals surface area contributed by atoms with Crippen molar-refractivity contribution in [2.75, 3.05) is 18.4 Å². The van der Waals surface area contributed by atoms with E-state index < -0.39 is 0 Å². The molecule has 0 fully saturated rings. The predicted octanol–water partition coefficient (Wildman–Crippen LogP) is 4.61. The lowest BCUT2D eigenvalue weighted by Crippen LogP contribution is -2.30. The molecule has 4 nitrogen and oxygen atoms in total. The minimum absolute atomic E-state index is 0.0221. The third-order valence-corrected chi connectivity index (χ3v) is 6.14. The highest BCUT2D eigenvalue weighted by atomic mass is 32.1. The number of nitrogens with one attached hydrogen (secondary N) is 1. The first-order valence-electron chi connectivity index (χ1n) is 9.33. The van der Waals surface area contributed by atoms with E-state index in [2.05, 4.69) is 12.2 Å². The van der Waals surface area contributed by atoms with Crippen LogP contribution in [-0.4, -0.2) is 29.8 Å². The number of rotatable bonds is 5. The minimum atomic E-state index is -0.0557. The van der Waals surface area contributed by atoms with Crippen molar-refractivity contribution >= 4 is 28.8 Å². The van der Waals surface area contributed by atoms with Gasteiger partial charge in [0.1, 0.15) is 0 Å². The van der Waals surface area contributed by atoms with Gasteiger partial charge in [-0.3, -0.25) is 9.59 Å². The highest BCUT2D eigenvalue weighted by Crippen LogP contribution is 2.33. The van der Waals surface area contributed by atoms with Crippen LogP contribution in [0.15, 0.2) is 29.6 Å². The molecule has 138 valence electrons. The van der Waals surface area contributed by atoms with Gasteiger partial charge in [-0.15, -0.1) is 11.3 Å². The van der Waals surface area contributed by atoms with Crippen molar-refractivity contribution in [3.05, 3.63) is 51.2 Å². The SMILES string of the molecule is CCN(CC)C(=O)c1ccc(NC(=O)c2csc3c2CCC(C)C3)cc1. The van der Waals surface area contributed by atoms with Crippen LogP contribution < -0.4 is 5.32 Å². The summed E-state index contributed by atoms with van der Waals surface area (Å²) in [6, 6.07) is 7.16. The first-order valence-corrected chi connectivity index (χ1v) is 10.2. The zero-order valence-electron chi connectivity index (χ0n) is 15.7. The summed E-state index contributed by atoms with van der Waals surface area (Å²) < 4.78 is 0. The second-order valence-corrected chi connectivity index (χ2v) is 7.87. The van der Waals surface area contributed by atoms with Gasteiger partial charge in [-0.05, 0) is 68.9 Å². The lowest BCUT2D eigenvalue weighted by molar-refractivity contribution is 0.0773. The molecule has 1 aliphatic rings. The predicted molar refractivity (Wildman–Crippen MR) is 107 cm³/mol. The van der Waals surface area contributed by atoms with Crippen LogP contribution in [0.5, 0.6) is 0 Å². The second-order valence-electron chi connectivity index (χ2n) is 6.91. The van der Waals surface area contributed by atoms with E-state index in [0.29, 0.717) is 24.6 Å². The monoisotopic (exact) mass is 370 g/mol. The first kappa shape index (κ1) is 18.6. The van der Waals surface area contributed by atoms with Crippen molar-refractivity contribution in [3.63, 3.8) is 0 Å². The van der Waals surface area contributed by atoms with Gasteiger partial charge < -0.3 is 10.2 Å². The summed E-state index contributed by atoms with van der Waals surface area (Å²) in [5.74, 6) is 0.668. The molecule has 1 aliphatic carbocycles. The molecular weight excluding hydrogens is 344 g/mol. The Morgan fingerprint density at radius 2 is 1.88 bits per heavy atom. The third-order valence-electron chi connectivity index (χ3n) is 5.09. The normalized spacial score (nSPS) is 16.0. The molecule has 1 aromatic heterocycles. The van der Waals surface area contributed by atoms with Gasteiger partial charge in [0.25, 0.3) is 11.8 Å². The molecule has 3 rings (SSSR count). The van der Waals surface area contributed by atoms with Crippen molar-refractivity contribution in [3.8, 4) is 0 Å². The molecule has 2 amide bonds. The smallest absolute Gasteiger partial charge is 0.256 e. The quantitative estimate of drug-likeness (QED) is 0.836. The lowest BCUT2D eigenvalue weighted by atomic mass is 9.88. The van der Waals surface area contributed by atoms with Gasteiger partial charge in [-0.1, -0.05) is 6.92 Å². The topological polar surface area (TPSA) is 49.4 Å². The Morgan fingerprint density at radius 3 is 2.54 bits per heavy atom. The summed E-state index contributed by atoms with van der Waals surface area (Å²) in [7, 11) is 0. The van der Waals surface area contributed by atoms with E-state index in [1.807, 2.05) is 19.2 Å². The number of hydrogen-bond acceptors (Lipinski definition) is 3.